The summed E-state index contributed by atoms with van der Waals surface area (Å²) in [5.74, 6) is 1.04. The molecule has 0 unspecified atom stereocenters. The van der Waals surface area contributed by atoms with Crippen molar-refractivity contribution in [1.82, 2.24) is 15.0 Å². The summed E-state index contributed by atoms with van der Waals surface area (Å²) >= 11 is 1.53. The van der Waals surface area contributed by atoms with Gasteiger partial charge in [0.15, 0.2) is 5.82 Å². The Bertz CT molecular complexity index is 1420. The number of nitrogens with two attached hydrogens (primary N) is 1. The predicted molar refractivity (Wildman–Crippen MR) is 144 cm³/mol. The van der Waals surface area contributed by atoms with Crippen LogP contribution in [0.25, 0.3) is 0 Å². The van der Waals surface area contributed by atoms with Gasteiger partial charge in [-0.25, -0.2) is 19.3 Å². The van der Waals surface area contributed by atoms with Gasteiger partial charge in [0.05, 0.1) is 15.6 Å². The molecule has 1 aliphatic heterocycles. The Kier molecular flexibility index (Phi) is 7.75. The van der Waals surface area contributed by atoms with Crippen molar-refractivity contribution in [2.24, 2.45) is 5.92 Å². The first kappa shape index (κ1) is 25.6. The van der Waals surface area contributed by atoms with Crippen LogP contribution in [-0.4, -0.2) is 33.9 Å². The fourth-order valence-corrected chi connectivity index (χ4v) is 4.81. The van der Waals surface area contributed by atoms with Crippen LogP contribution in [0.15, 0.2) is 55.0 Å². The first-order chi connectivity index (χ1) is 18.4. The van der Waals surface area contributed by atoms with Gasteiger partial charge >= 0.3 is 0 Å². The molecule has 0 bridgehead atoms. The molecule has 0 radical (unpaired) electrons. The van der Waals surface area contributed by atoms with Crippen molar-refractivity contribution >= 4 is 34.2 Å². The molecule has 2 aromatic carbocycles. The Morgan fingerprint density at radius 1 is 1.11 bits per heavy atom. The smallest absolute Gasteiger partial charge is 0.151 e. The van der Waals surface area contributed by atoms with Gasteiger partial charge in [0.1, 0.15) is 47.4 Å². The third-order valence-electron chi connectivity index (χ3n) is 6.02. The van der Waals surface area contributed by atoms with Gasteiger partial charge < -0.3 is 30.7 Å². The van der Waals surface area contributed by atoms with Crippen molar-refractivity contribution in [2.75, 3.05) is 24.3 Å². The van der Waals surface area contributed by atoms with E-state index >= 15 is 0 Å². The zero-order valence-corrected chi connectivity index (χ0v) is 21.6. The number of thiazole rings is 1. The second kappa shape index (κ2) is 11.5. The van der Waals surface area contributed by atoms with E-state index in [4.69, 9.17) is 25.4 Å². The van der Waals surface area contributed by atoms with Crippen LogP contribution in [0.3, 0.4) is 0 Å². The lowest BCUT2D eigenvalue weighted by Crippen LogP contribution is -2.25. The van der Waals surface area contributed by atoms with Crippen molar-refractivity contribution in [3.8, 4) is 17.2 Å². The Morgan fingerprint density at radius 2 is 1.87 bits per heavy atom. The number of nitrogens with zero attached hydrogens (tertiary/aromatic N) is 3. The normalized spacial score (nSPS) is 13.7. The van der Waals surface area contributed by atoms with E-state index in [9.17, 15) is 4.39 Å². The summed E-state index contributed by atoms with van der Waals surface area (Å²) in [7, 11) is 0. The second-order valence-corrected chi connectivity index (χ2v) is 10.1. The van der Waals surface area contributed by atoms with Crippen molar-refractivity contribution < 1.29 is 18.6 Å². The van der Waals surface area contributed by atoms with E-state index in [1.54, 1.807) is 36.5 Å². The van der Waals surface area contributed by atoms with Crippen LogP contribution in [0.4, 0.5) is 21.6 Å². The Balaban J connectivity index is 1.27. The molecule has 0 atom stereocenters. The van der Waals surface area contributed by atoms with Crippen LogP contribution in [0.1, 0.15) is 28.4 Å². The highest BCUT2D eigenvalue weighted by Crippen LogP contribution is 2.31. The number of aromatic nitrogens is 3. The van der Waals surface area contributed by atoms with Gasteiger partial charge in [-0.3, -0.25) is 0 Å². The minimum absolute atomic E-state index is 0.0561. The Hall–Kier alpha value is -4.09. The maximum atomic E-state index is 14.2. The Morgan fingerprint density at radius 3 is 2.61 bits per heavy atom. The molecule has 38 heavy (non-hydrogen) atoms. The number of nitrogen functional groups attached to an aromatic ring is 1. The third kappa shape index (κ3) is 6.24. The molecule has 5 rings (SSSR count). The van der Waals surface area contributed by atoms with E-state index in [-0.39, 0.29) is 11.7 Å². The van der Waals surface area contributed by atoms with Gasteiger partial charge in [0.2, 0.25) is 0 Å². The van der Waals surface area contributed by atoms with Crippen LogP contribution in [0, 0.1) is 24.1 Å². The van der Waals surface area contributed by atoms with Gasteiger partial charge in [-0.1, -0.05) is 0 Å². The van der Waals surface area contributed by atoms with E-state index < -0.39 is 5.82 Å². The molecule has 3 heterocycles. The number of anilines is 3. The SMILES string of the molecule is Cc1ncc(COc2cc(F)cc(Oc3ccc(Nc4c(N)ncnc4C(=N)C4CCOCC4)cc3)c2)s1. The summed E-state index contributed by atoms with van der Waals surface area (Å²) < 4.78 is 31.2. The lowest BCUT2D eigenvalue weighted by Gasteiger charge is -2.24. The van der Waals surface area contributed by atoms with E-state index in [1.807, 2.05) is 6.92 Å². The maximum absolute atomic E-state index is 14.2. The highest BCUT2D eigenvalue weighted by molar-refractivity contribution is 7.11. The molecule has 196 valence electrons. The first-order valence-electron chi connectivity index (χ1n) is 12.1. The topological polar surface area (TPSA) is 128 Å². The van der Waals surface area contributed by atoms with E-state index in [2.05, 4.69) is 20.3 Å². The monoisotopic (exact) mass is 534 g/mol. The van der Waals surface area contributed by atoms with Crippen molar-refractivity contribution in [3.05, 3.63) is 76.4 Å². The summed E-state index contributed by atoms with van der Waals surface area (Å²) in [4.78, 5) is 13.6. The third-order valence-corrected chi connectivity index (χ3v) is 6.90. The number of ether oxygens (including phenoxy) is 3. The van der Waals surface area contributed by atoms with Gasteiger partial charge in [-0.15, -0.1) is 11.3 Å². The van der Waals surface area contributed by atoms with Gasteiger partial charge in [0.25, 0.3) is 0 Å². The number of benzene rings is 2. The fraction of sp³-hybridized carbons (Fsp3) is 0.259. The van der Waals surface area contributed by atoms with Crippen LogP contribution >= 0.6 is 11.3 Å². The summed E-state index contributed by atoms with van der Waals surface area (Å²) in [6.45, 7) is 3.48. The molecule has 0 spiro atoms. The average Bonchev–Trinajstić information content (AvgIpc) is 3.34. The van der Waals surface area contributed by atoms with Gasteiger partial charge in [0, 0.05) is 49.2 Å². The maximum Gasteiger partial charge on any atom is 0.151 e. The second-order valence-electron chi connectivity index (χ2n) is 8.79. The molecule has 4 N–H and O–H groups in total. The van der Waals surface area contributed by atoms with Crippen molar-refractivity contribution in [1.29, 1.82) is 5.41 Å². The summed E-state index contributed by atoms with van der Waals surface area (Å²) in [6, 6.07) is 11.3. The zero-order chi connectivity index (χ0) is 26.5. The number of rotatable bonds is 9. The van der Waals surface area contributed by atoms with E-state index in [0.717, 1.165) is 22.7 Å². The van der Waals surface area contributed by atoms with Crippen LogP contribution in [0.2, 0.25) is 0 Å². The van der Waals surface area contributed by atoms with Crippen LogP contribution in [-0.2, 0) is 11.3 Å². The van der Waals surface area contributed by atoms with Crippen LogP contribution < -0.4 is 20.5 Å². The van der Waals surface area contributed by atoms with E-state index in [1.165, 1.54) is 29.8 Å². The quantitative estimate of drug-likeness (QED) is 0.227. The lowest BCUT2D eigenvalue weighted by molar-refractivity contribution is 0.0827. The first-order valence-corrected chi connectivity index (χ1v) is 12.9. The zero-order valence-electron chi connectivity index (χ0n) is 20.7. The largest absolute Gasteiger partial charge is 0.488 e. The standard InChI is InChI=1S/C27H27FN6O3S/c1-16-31-13-23(38-16)14-36-21-10-18(28)11-22(12-21)37-20-4-2-19(3-5-20)34-26-25(32-15-33-27(26)30)24(29)17-6-8-35-9-7-17/h2-5,10-13,15,17,29,34H,6-9,14H2,1H3,(H2,30,32,33). The minimum atomic E-state index is -0.463. The fourth-order valence-electron chi connectivity index (χ4n) is 4.10. The van der Waals surface area contributed by atoms with E-state index in [0.29, 0.717) is 59.8 Å². The molecular weight excluding hydrogens is 507 g/mol. The number of nitrogens with one attached hydrogen (secondary N) is 2. The molecule has 11 heteroatoms. The molecule has 0 aliphatic carbocycles. The van der Waals surface area contributed by atoms with Crippen molar-refractivity contribution in [3.63, 3.8) is 0 Å². The molecule has 2 aromatic heterocycles. The molecular formula is C27H27FN6O3S. The molecule has 1 fully saturated rings. The summed E-state index contributed by atoms with van der Waals surface area (Å²) in [6.07, 6.45) is 4.66. The number of aryl methyl sites for hydroxylation is 1. The van der Waals surface area contributed by atoms with Gasteiger partial charge in [-0.2, -0.15) is 0 Å². The lowest BCUT2D eigenvalue weighted by atomic mass is 9.92. The Labute approximate surface area is 223 Å². The summed E-state index contributed by atoms with van der Waals surface area (Å²) in [5, 5.41) is 12.9. The van der Waals surface area contributed by atoms with Gasteiger partial charge in [-0.05, 0) is 44.0 Å². The van der Waals surface area contributed by atoms with Crippen molar-refractivity contribution in [2.45, 2.75) is 26.4 Å². The number of hydrogen-bond acceptors (Lipinski definition) is 10. The molecule has 4 aromatic rings. The minimum Gasteiger partial charge on any atom is -0.488 e. The molecule has 9 nitrogen and oxygen atoms in total. The highest BCUT2D eigenvalue weighted by Gasteiger charge is 2.24. The number of hydrogen-bond donors (Lipinski definition) is 3. The molecule has 1 aliphatic rings. The predicted octanol–water partition coefficient (Wildman–Crippen LogP) is 5.87. The van der Waals surface area contributed by atoms with Crippen LogP contribution in [0.5, 0.6) is 17.2 Å². The number of halogens is 1. The average molecular weight is 535 g/mol. The summed E-state index contributed by atoms with van der Waals surface area (Å²) in [5.41, 5.74) is 8.24. The molecule has 1 saturated heterocycles. The molecule has 0 amide bonds. The highest BCUT2D eigenvalue weighted by atomic mass is 32.1. The molecule has 0 saturated carbocycles.